The second-order valence-corrected chi connectivity index (χ2v) is 8.45. The third-order valence-corrected chi connectivity index (χ3v) is 6.27. The summed E-state index contributed by atoms with van der Waals surface area (Å²) in [4.78, 5) is 12.4. The molecule has 0 radical (unpaired) electrons. The van der Waals surface area contributed by atoms with Gasteiger partial charge in [-0.2, -0.15) is 0 Å². The van der Waals surface area contributed by atoms with Crippen molar-refractivity contribution in [3.05, 3.63) is 33.8 Å². The van der Waals surface area contributed by atoms with Crippen molar-refractivity contribution in [2.24, 2.45) is 0 Å². The number of rotatable bonds is 6. The molecule has 1 heterocycles. The zero-order chi connectivity index (χ0) is 20.1. The van der Waals surface area contributed by atoms with Crippen LogP contribution in [-0.4, -0.2) is 53.1 Å². The predicted octanol–water partition coefficient (Wildman–Crippen LogP) is 2.41. The number of nitrogens with one attached hydrogen (secondary N) is 2. The Morgan fingerprint density at radius 2 is 1.79 bits per heavy atom. The van der Waals surface area contributed by atoms with Crippen molar-refractivity contribution in [3.63, 3.8) is 0 Å². The number of ether oxygens (including phenoxy) is 1. The summed E-state index contributed by atoms with van der Waals surface area (Å²) >= 11 is 11.9. The van der Waals surface area contributed by atoms with E-state index in [0.717, 1.165) is 18.4 Å². The Morgan fingerprint density at radius 3 is 2.46 bits per heavy atom. The lowest BCUT2D eigenvalue weighted by Gasteiger charge is -2.21. The fraction of sp³-hybridized carbons (Fsp3) is 0.650. The summed E-state index contributed by atoms with van der Waals surface area (Å²) < 4.78 is 5.68. The summed E-state index contributed by atoms with van der Waals surface area (Å²) in [7, 11) is 0. The summed E-state index contributed by atoms with van der Waals surface area (Å²) in [6.07, 6.45) is 3.09. The van der Waals surface area contributed by atoms with Gasteiger partial charge in [-0.3, -0.25) is 4.79 Å². The molecule has 1 saturated heterocycles. The molecule has 1 aliphatic carbocycles. The van der Waals surface area contributed by atoms with Gasteiger partial charge in [0.2, 0.25) is 0 Å². The van der Waals surface area contributed by atoms with Gasteiger partial charge in [0, 0.05) is 19.1 Å². The number of halogens is 2. The van der Waals surface area contributed by atoms with Crippen molar-refractivity contribution in [1.82, 2.24) is 10.6 Å². The van der Waals surface area contributed by atoms with Crippen LogP contribution in [0.4, 0.5) is 0 Å². The van der Waals surface area contributed by atoms with Crippen LogP contribution in [0.25, 0.3) is 0 Å². The second-order valence-electron chi connectivity index (χ2n) is 7.64. The lowest BCUT2D eigenvalue weighted by molar-refractivity contribution is -0.135. The van der Waals surface area contributed by atoms with Gasteiger partial charge in [-0.05, 0) is 30.5 Å². The quantitative estimate of drug-likeness (QED) is 0.520. The van der Waals surface area contributed by atoms with Crippen LogP contribution in [0.5, 0.6) is 0 Å². The van der Waals surface area contributed by atoms with Crippen molar-refractivity contribution in [3.8, 4) is 0 Å². The maximum absolute atomic E-state index is 12.4. The molecule has 1 aromatic carbocycles. The fourth-order valence-corrected chi connectivity index (χ4v) is 4.16. The van der Waals surface area contributed by atoms with Crippen LogP contribution in [0.3, 0.4) is 0 Å². The Balaban J connectivity index is 1.49. The minimum atomic E-state index is -1.25. The van der Waals surface area contributed by atoms with E-state index >= 15 is 0 Å². The van der Waals surface area contributed by atoms with Crippen molar-refractivity contribution >= 4 is 29.1 Å². The van der Waals surface area contributed by atoms with Crippen LogP contribution in [0.15, 0.2) is 18.2 Å². The Morgan fingerprint density at radius 1 is 1.07 bits per heavy atom. The van der Waals surface area contributed by atoms with Gasteiger partial charge in [-0.15, -0.1) is 0 Å². The smallest absolute Gasteiger partial charge is 0.252 e. The summed E-state index contributed by atoms with van der Waals surface area (Å²) in [6, 6.07) is 5.49. The minimum absolute atomic E-state index is 0.226. The van der Waals surface area contributed by atoms with Gasteiger partial charge in [-0.25, -0.2) is 0 Å². The molecule has 1 amide bonds. The molecule has 2 aliphatic rings. The molecule has 8 heteroatoms. The van der Waals surface area contributed by atoms with E-state index in [1.54, 1.807) is 18.2 Å². The van der Waals surface area contributed by atoms with Crippen LogP contribution in [-0.2, 0) is 16.1 Å². The molecule has 0 aromatic heterocycles. The van der Waals surface area contributed by atoms with E-state index < -0.39 is 30.3 Å². The Labute approximate surface area is 175 Å². The second kappa shape index (κ2) is 10.2. The first-order chi connectivity index (χ1) is 13.5. The van der Waals surface area contributed by atoms with Crippen molar-refractivity contribution in [2.45, 2.75) is 75.5 Å². The molecule has 1 saturated carbocycles. The molecule has 4 atom stereocenters. The number of aliphatic hydroxyl groups is 2. The van der Waals surface area contributed by atoms with E-state index in [1.165, 1.54) is 25.7 Å². The Hall–Kier alpha value is -0.890. The minimum Gasteiger partial charge on any atom is -0.388 e. The monoisotopic (exact) mass is 430 g/mol. The van der Waals surface area contributed by atoms with Gasteiger partial charge < -0.3 is 25.6 Å². The summed E-state index contributed by atoms with van der Waals surface area (Å²) in [5.74, 6) is -0.463. The molecule has 1 aromatic rings. The largest absolute Gasteiger partial charge is 0.388 e. The third-order valence-electron chi connectivity index (χ3n) is 5.53. The molecule has 156 valence electrons. The van der Waals surface area contributed by atoms with Crippen LogP contribution in [0.1, 0.15) is 44.1 Å². The van der Waals surface area contributed by atoms with Crippen LogP contribution >= 0.6 is 23.2 Å². The lowest BCUT2D eigenvalue weighted by Crippen LogP contribution is -2.43. The van der Waals surface area contributed by atoms with Gasteiger partial charge in [0.15, 0.2) is 6.10 Å². The summed E-state index contributed by atoms with van der Waals surface area (Å²) in [6.45, 7) is 0.642. The molecule has 6 nitrogen and oxygen atoms in total. The van der Waals surface area contributed by atoms with E-state index in [2.05, 4.69) is 10.6 Å². The van der Waals surface area contributed by atoms with Gasteiger partial charge in [0.25, 0.3) is 5.91 Å². The highest BCUT2D eigenvalue weighted by Gasteiger charge is 2.46. The van der Waals surface area contributed by atoms with Gasteiger partial charge in [0.05, 0.1) is 16.1 Å². The summed E-state index contributed by atoms with van der Waals surface area (Å²) in [5.41, 5.74) is 0.780. The molecule has 0 unspecified atom stereocenters. The highest BCUT2D eigenvalue weighted by Crippen LogP contribution is 2.24. The number of hydrogen-bond acceptors (Lipinski definition) is 5. The average Bonchev–Trinajstić information content (AvgIpc) is 2.86. The Bertz CT molecular complexity index is 668. The number of benzene rings is 1. The standard InChI is InChI=1S/C20H28Cl2N2O4/c21-14-8-7-12(9-15(14)22)10-24-20(27)19-18(26)17(25)16(28-19)11-23-13-5-3-1-2-4-6-13/h7-9,13,16-19,23,25-26H,1-6,10-11H2,(H,24,27)/t16-,17-,18+,19+/m1/s1. The zero-order valence-corrected chi connectivity index (χ0v) is 17.3. The molecular formula is C20H28Cl2N2O4. The topological polar surface area (TPSA) is 90.8 Å². The molecule has 3 rings (SSSR count). The molecule has 28 heavy (non-hydrogen) atoms. The lowest BCUT2D eigenvalue weighted by atomic mass is 10.1. The first-order valence-electron chi connectivity index (χ1n) is 9.92. The highest BCUT2D eigenvalue weighted by molar-refractivity contribution is 6.42. The SMILES string of the molecule is O=C(NCc1ccc(Cl)c(Cl)c1)[C@H]1O[C@H](CNC2CCCCCC2)[C@@H](O)[C@@H]1O. The normalized spacial score (nSPS) is 28.9. The number of hydrogen-bond donors (Lipinski definition) is 4. The predicted molar refractivity (Wildman–Crippen MR) is 108 cm³/mol. The van der Waals surface area contributed by atoms with E-state index in [9.17, 15) is 15.0 Å². The van der Waals surface area contributed by atoms with E-state index in [0.29, 0.717) is 22.6 Å². The molecule has 2 fully saturated rings. The number of aliphatic hydroxyl groups excluding tert-OH is 2. The molecular weight excluding hydrogens is 403 g/mol. The number of amides is 1. The van der Waals surface area contributed by atoms with Crippen molar-refractivity contribution in [2.75, 3.05) is 6.54 Å². The number of carbonyl (C=O) groups is 1. The van der Waals surface area contributed by atoms with Gasteiger partial charge in [-0.1, -0.05) is 55.0 Å². The van der Waals surface area contributed by atoms with Gasteiger partial charge >= 0.3 is 0 Å². The Kier molecular flexibility index (Phi) is 7.97. The van der Waals surface area contributed by atoms with E-state index in [4.69, 9.17) is 27.9 Å². The molecule has 4 N–H and O–H groups in total. The van der Waals surface area contributed by atoms with Crippen LogP contribution in [0, 0.1) is 0 Å². The third kappa shape index (κ3) is 5.59. The fourth-order valence-electron chi connectivity index (χ4n) is 3.84. The highest BCUT2D eigenvalue weighted by atomic mass is 35.5. The maximum atomic E-state index is 12.4. The first-order valence-corrected chi connectivity index (χ1v) is 10.7. The summed E-state index contributed by atoms with van der Waals surface area (Å²) in [5, 5.41) is 27.5. The van der Waals surface area contributed by atoms with Crippen molar-refractivity contribution < 1.29 is 19.7 Å². The first kappa shape index (κ1) is 21.8. The molecule has 0 bridgehead atoms. The van der Waals surface area contributed by atoms with Gasteiger partial charge in [0.1, 0.15) is 12.2 Å². The van der Waals surface area contributed by atoms with Crippen LogP contribution < -0.4 is 10.6 Å². The van der Waals surface area contributed by atoms with Crippen LogP contribution in [0.2, 0.25) is 10.0 Å². The average molecular weight is 431 g/mol. The van der Waals surface area contributed by atoms with E-state index in [-0.39, 0.29) is 6.54 Å². The van der Waals surface area contributed by atoms with Crippen molar-refractivity contribution in [1.29, 1.82) is 0 Å². The van der Waals surface area contributed by atoms with E-state index in [1.807, 2.05) is 0 Å². The zero-order valence-electron chi connectivity index (χ0n) is 15.7. The molecule has 1 aliphatic heterocycles. The molecule has 0 spiro atoms. The number of carbonyl (C=O) groups excluding carboxylic acids is 1. The maximum Gasteiger partial charge on any atom is 0.252 e.